The number of nitrogens with two attached hydrogens (primary N) is 1. The second kappa shape index (κ2) is 6.71. The van der Waals surface area contributed by atoms with Gasteiger partial charge in [-0.3, -0.25) is 4.79 Å². The van der Waals surface area contributed by atoms with Crippen LogP contribution in [0.1, 0.15) is 26.2 Å². The Labute approximate surface area is 109 Å². The van der Waals surface area contributed by atoms with Crippen molar-refractivity contribution in [3.8, 4) is 0 Å². The summed E-state index contributed by atoms with van der Waals surface area (Å²) in [6.45, 7) is 2.03. The molecule has 3 nitrogen and oxygen atoms in total. The monoisotopic (exact) mass is 302 g/mol. The molecule has 0 bridgehead atoms. The number of rotatable bonds is 5. The molecule has 0 saturated carbocycles. The van der Waals surface area contributed by atoms with Gasteiger partial charge in [0.25, 0.3) is 0 Å². The lowest BCUT2D eigenvalue weighted by atomic mass is 10.1. The van der Waals surface area contributed by atoms with Crippen molar-refractivity contribution < 1.29 is 9.18 Å². The predicted octanol–water partition coefficient (Wildman–Crippen LogP) is 3.04. The highest BCUT2D eigenvalue weighted by Crippen LogP contribution is 2.19. The molecule has 0 radical (unpaired) electrons. The van der Waals surface area contributed by atoms with Gasteiger partial charge >= 0.3 is 0 Å². The molecule has 0 aliphatic carbocycles. The summed E-state index contributed by atoms with van der Waals surface area (Å²) >= 11 is 3.15. The molecule has 17 heavy (non-hydrogen) atoms. The summed E-state index contributed by atoms with van der Waals surface area (Å²) in [5, 5.41) is 2.49. The number of unbranched alkanes of at least 4 members (excludes halogenated alkanes) is 1. The van der Waals surface area contributed by atoms with Crippen LogP contribution >= 0.6 is 15.9 Å². The van der Waals surface area contributed by atoms with Gasteiger partial charge in [0.05, 0.1) is 11.7 Å². The van der Waals surface area contributed by atoms with Gasteiger partial charge < -0.3 is 11.1 Å². The van der Waals surface area contributed by atoms with Crippen LogP contribution in [0, 0.1) is 5.82 Å². The Morgan fingerprint density at radius 1 is 1.59 bits per heavy atom. The molecule has 0 unspecified atom stereocenters. The first-order valence-electron chi connectivity index (χ1n) is 5.56. The number of anilines is 1. The van der Waals surface area contributed by atoms with Gasteiger partial charge in [-0.25, -0.2) is 4.39 Å². The topological polar surface area (TPSA) is 55.1 Å². The number of nitrogens with one attached hydrogen (secondary N) is 1. The molecule has 1 rings (SSSR count). The zero-order valence-electron chi connectivity index (χ0n) is 9.67. The summed E-state index contributed by atoms with van der Waals surface area (Å²) in [6.07, 6.45) is 2.48. The van der Waals surface area contributed by atoms with Crippen LogP contribution in [0.15, 0.2) is 22.7 Å². The Morgan fingerprint density at radius 3 is 2.88 bits per heavy atom. The van der Waals surface area contributed by atoms with E-state index in [0.717, 1.165) is 12.8 Å². The largest absolute Gasteiger partial charge is 0.322 e. The van der Waals surface area contributed by atoms with Gasteiger partial charge in [-0.1, -0.05) is 35.7 Å². The van der Waals surface area contributed by atoms with Gasteiger partial charge in [0.2, 0.25) is 5.91 Å². The van der Waals surface area contributed by atoms with Crippen molar-refractivity contribution in [3.63, 3.8) is 0 Å². The summed E-state index contributed by atoms with van der Waals surface area (Å²) in [4.78, 5) is 11.6. The zero-order valence-corrected chi connectivity index (χ0v) is 11.3. The maximum Gasteiger partial charge on any atom is 0.241 e. The molecule has 1 aromatic carbocycles. The molecule has 0 saturated heterocycles. The standard InChI is InChI=1S/C12H16BrFN2O/c1-2-3-4-10(15)12(17)16-11-6-5-8(13)7-9(11)14/h5-7,10H,2-4,15H2,1H3,(H,16,17)/t10-/m0/s1. The van der Waals surface area contributed by atoms with Crippen LogP contribution < -0.4 is 11.1 Å². The van der Waals surface area contributed by atoms with Gasteiger partial charge in [-0.2, -0.15) is 0 Å². The average molecular weight is 303 g/mol. The van der Waals surface area contributed by atoms with Crippen molar-refractivity contribution in [1.29, 1.82) is 0 Å². The normalized spacial score (nSPS) is 12.2. The lowest BCUT2D eigenvalue weighted by molar-refractivity contribution is -0.117. The third-order valence-corrected chi connectivity index (χ3v) is 2.89. The minimum absolute atomic E-state index is 0.158. The number of carbonyl (C=O) groups excluding carboxylic acids is 1. The second-order valence-electron chi connectivity index (χ2n) is 3.86. The van der Waals surface area contributed by atoms with Crippen molar-refractivity contribution in [2.45, 2.75) is 32.2 Å². The first-order chi connectivity index (χ1) is 8.04. The number of halogens is 2. The summed E-state index contributed by atoms with van der Waals surface area (Å²) in [6, 6.07) is 3.88. The quantitative estimate of drug-likeness (QED) is 0.878. The van der Waals surface area contributed by atoms with Crippen molar-refractivity contribution in [2.75, 3.05) is 5.32 Å². The number of hydrogen-bond donors (Lipinski definition) is 2. The smallest absolute Gasteiger partial charge is 0.241 e. The van der Waals surface area contributed by atoms with Crippen LogP contribution in [0.5, 0.6) is 0 Å². The van der Waals surface area contributed by atoms with Gasteiger partial charge in [-0.15, -0.1) is 0 Å². The summed E-state index contributed by atoms with van der Waals surface area (Å²) in [5.74, 6) is -0.824. The van der Waals surface area contributed by atoms with E-state index in [-0.39, 0.29) is 11.6 Å². The van der Waals surface area contributed by atoms with Gasteiger partial charge in [-0.05, 0) is 24.6 Å². The molecule has 0 heterocycles. The first-order valence-corrected chi connectivity index (χ1v) is 6.35. The Morgan fingerprint density at radius 2 is 2.29 bits per heavy atom. The Bertz CT molecular complexity index is 398. The van der Waals surface area contributed by atoms with E-state index in [1.54, 1.807) is 6.07 Å². The van der Waals surface area contributed by atoms with Crippen molar-refractivity contribution >= 4 is 27.5 Å². The Balaban J connectivity index is 2.61. The SMILES string of the molecule is CCCC[C@H](N)C(=O)Nc1ccc(Br)cc1F. The number of benzene rings is 1. The predicted molar refractivity (Wildman–Crippen MR) is 70.2 cm³/mol. The van der Waals surface area contributed by atoms with Crippen LogP contribution in [0.2, 0.25) is 0 Å². The lowest BCUT2D eigenvalue weighted by Crippen LogP contribution is -2.35. The fourth-order valence-electron chi connectivity index (χ4n) is 1.37. The molecule has 1 amide bonds. The molecule has 1 aromatic rings. The van der Waals surface area contributed by atoms with Gasteiger partial charge in [0, 0.05) is 4.47 Å². The molecule has 1 atom stereocenters. The summed E-state index contributed by atoms with van der Waals surface area (Å²) < 4.78 is 14.1. The average Bonchev–Trinajstić information content (AvgIpc) is 2.29. The van der Waals surface area contributed by atoms with E-state index < -0.39 is 11.9 Å². The number of amides is 1. The van der Waals surface area contributed by atoms with E-state index >= 15 is 0 Å². The van der Waals surface area contributed by atoms with Crippen molar-refractivity contribution in [3.05, 3.63) is 28.5 Å². The highest BCUT2D eigenvalue weighted by molar-refractivity contribution is 9.10. The molecular weight excluding hydrogens is 287 g/mol. The second-order valence-corrected chi connectivity index (χ2v) is 4.78. The summed E-state index contributed by atoms with van der Waals surface area (Å²) in [7, 11) is 0. The van der Waals surface area contributed by atoms with Crippen LogP contribution in [-0.2, 0) is 4.79 Å². The van der Waals surface area contributed by atoms with Gasteiger partial charge in [0.15, 0.2) is 0 Å². The van der Waals surface area contributed by atoms with E-state index in [1.807, 2.05) is 6.92 Å². The number of carbonyl (C=O) groups is 1. The fraction of sp³-hybridized carbons (Fsp3) is 0.417. The molecule has 0 aromatic heterocycles. The van der Waals surface area contributed by atoms with Gasteiger partial charge in [0.1, 0.15) is 5.82 Å². The summed E-state index contributed by atoms with van der Waals surface area (Å²) in [5.41, 5.74) is 5.84. The maximum atomic E-state index is 13.4. The third-order valence-electron chi connectivity index (χ3n) is 2.39. The maximum absolute atomic E-state index is 13.4. The Hall–Kier alpha value is -0.940. The van der Waals surface area contributed by atoms with Crippen LogP contribution in [0.3, 0.4) is 0 Å². The van der Waals surface area contributed by atoms with Crippen molar-refractivity contribution in [1.82, 2.24) is 0 Å². The van der Waals surface area contributed by atoms with Crippen molar-refractivity contribution in [2.24, 2.45) is 5.73 Å². The number of hydrogen-bond acceptors (Lipinski definition) is 2. The van der Waals surface area contributed by atoms with E-state index in [2.05, 4.69) is 21.2 Å². The third kappa shape index (κ3) is 4.44. The van der Waals surface area contributed by atoms with E-state index in [4.69, 9.17) is 5.73 Å². The molecule has 0 spiro atoms. The van der Waals surface area contributed by atoms with Crippen LogP contribution in [0.25, 0.3) is 0 Å². The zero-order chi connectivity index (χ0) is 12.8. The highest BCUT2D eigenvalue weighted by Gasteiger charge is 2.14. The van der Waals surface area contributed by atoms with Crippen LogP contribution in [0.4, 0.5) is 10.1 Å². The lowest BCUT2D eigenvalue weighted by Gasteiger charge is -2.12. The molecular formula is C12H16BrFN2O. The molecule has 3 N–H and O–H groups in total. The minimum atomic E-state index is -0.585. The van der Waals surface area contributed by atoms with E-state index in [0.29, 0.717) is 10.9 Å². The first kappa shape index (κ1) is 14.1. The highest BCUT2D eigenvalue weighted by atomic mass is 79.9. The molecule has 94 valence electrons. The van der Waals surface area contributed by atoms with E-state index in [1.165, 1.54) is 12.1 Å². The molecule has 0 aliphatic rings. The minimum Gasteiger partial charge on any atom is -0.322 e. The molecule has 0 fully saturated rings. The van der Waals surface area contributed by atoms with Crippen LogP contribution in [-0.4, -0.2) is 11.9 Å². The fourth-order valence-corrected chi connectivity index (χ4v) is 1.70. The Kier molecular flexibility index (Phi) is 5.58. The molecule has 0 aliphatic heterocycles. The van der Waals surface area contributed by atoms with E-state index in [9.17, 15) is 9.18 Å². The molecule has 5 heteroatoms.